The second-order valence-corrected chi connectivity index (χ2v) is 6.00. The lowest BCUT2D eigenvalue weighted by Gasteiger charge is -2.16. The fourth-order valence-corrected chi connectivity index (χ4v) is 2.54. The first-order chi connectivity index (χ1) is 13.3. The molecule has 1 aliphatic rings. The summed E-state index contributed by atoms with van der Waals surface area (Å²) in [7, 11) is 0. The van der Waals surface area contributed by atoms with Crippen LogP contribution < -0.4 is 5.56 Å². The van der Waals surface area contributed by atoms with Gasteiger partial charge in [0, 0.05) is 6.42 Å². The molecule has 1 aliphatic heterocycles. The summed E-state index contributed by atoms with van der Waals surface area (Å²) in [6.07, 6.45) is -3.76. The SMILES string of the molecule is O=CCC(O)C(O)CO.O=c1[nH]cnc2c1ncn2[C@@H]1O[C@H](CO)[C@@H](O)[C@H]1O. The minimum atomic E-state index is -1.24. The zero-order chi connectivity index (χ0) is 20.8. The van der Waals surface area contributed by atoms with E-state index in [2.05, 4.69) is 15.0 Å². The molecule has 0 aromatic carbocycles. The first kappa shape index (κ1) is 22.0. The number of carbonyl (C=O) groups excluding carboxylic acids is 1. The van der Waals surface area contributed by atoms with Gasteiger partial charge in [0.25, 0.3) is 5.56 Å². The Labute approximate surface area is 157 Å². The van der Waals surface area contributed by atoms with Crippen LogP contribution in [-0.4, -0.2) is 100 Å². The minimum absolute atomic E-state index is 0.111. The topological polar surface area (TPSA) is 211 Å². The molecule has 0 amide bonds. The fraction of sp³-hybridized carbons (Fsp3) is 0.600. The number of hydrogen-bond acceptors (Lipinski definition) is 11. The van der Waals surface area contributed by atoms with E-state index in [1.165, 1.54) is 17.2 Å². The minimum Gasteiger partial charge on any atom is -0.394 e. The van der Waals surface area contributed by atoms with E-state index in [1.807, 2.05) is 0 Å². The highest BCUT2D eigenvalue weighted by molar-refractivity contribution is 5.68. The van der Waals surface area contributed by atoms with Crippen molar-refractivity contribution < 1.29 is 40.2 Å². The average molecular weight is 402 g/mol. The smallest absolute Gasteiger partial charge is 0.278 e. The number of aromatic amines is 1. The van der Waals surface area contributed by atoms with E-state index >= 15 is 0 Å². The molecule has 0 radical (unpaired) electrons. The normalized spacial score (nSPS) is 26.5. The van der Waals surface area contributed by atoms with Crippen molar-refractivity contribution in [2.45, 2.75) is 43.2 Å². The molecule has 2 aromatic heterocycles. The van der Waals surface area contributed by atoms with Crippen LogP contribution in [0.1, 0.15) is 12.6 Å². The van der Waals surface area contributed by atoms with Crippen molar-refractivity contribution >= 4 is 17.5 Å². The van der Waals surface area contributed by atoms with Crippen LogP contribution in [0, 0.1) is 0 Å². The molecular formula is C15H22N4O9. The van der Waals surface area contributed by atoms with Crippen molar-refractivity contribution in [1.29, 1.82) is 0 Å². The molecule has 3 heterocycles. The molecule has 156 valence electrons. The second kappa shape index (κ2) is 9.79. The van der Waals surface area contributed by atoms with Crippen LogP contribution >= 0.6 is 0 Å². The average Bonchev–Trinajstić information content (AvgIpc) is 3.24. The number of nitrogens with zero attached hydrogens (tertiary/aromatic N) is 3. The van der Waals surface area contributed by atoms with Gasteiger partial charge in [-0.2, -0.15) is 0 Å². The number of rotatable bonds is 6. The predicted molar refractivity (Wildman–Crippen MR) is 90.9 cm³/mol. The molecule has 2 aromatic rings. The quantitative estimate of drug-likeness (QED) is 0.231. The Morgan fingerprint density at radius 3 is 2.50 bits per heavy atom. The standard InChI is InChI=1S/C10H12N4O5.C5H10O4/c15-1-4-6(16)7(17)10(19-4)14-3-13-5-8(14)11-2-12-9(5)18;6-2-1-4(8)5(9)3-7/h2-4,6-7,10,15-17H,1H2,(H,11,12,18);2,4-5,7-9H,1,3H2/t4-,6-,7-,10-;/m1./s1. The predicted octanol–water partition coefficient (Wildman–Crippen LogP) is -3.98. The summed E-state index contributed by atoms with van der Waals surface area (Å²) >= 11 is 0. The summed E-state index contributed by atoms with van der Waals surface area (Å²) < 4.78 is 6.70. The molecule has 13 heteroatoms. The van der Waals surface area contributed by atoms with Crippen molar-refractivity contribution in [2.75, 3.05) is 13.2 Å². The molecule has 0 aliphatic carbocycles. The number of nitrogens with one attached hydrogen (secondary N) is 1. The van der Waals surface area contributed by atoms with Gasteiger partial charge in [-0.3, -0.25) is 9.36 Å². The van der Waals surface area contributed by atoms with E-state index in [9.17, 15) is 19.8 Å². The first-order valence-electron chi connectivity index (χ1n) is 8.29. The largest absolute Gasteiger partial charge is 0.394 e. The molecule has 13 nitrogen and oxygen atoms in total. The second-order valence-electron chi connectivity index (χ2n) is 6.00. The summed E-state index contributed by atoms with van der Waals surface area (Å²) in [6.45, 7) is -0.940. The van der Waals surface area contributed by atoms with E-state index in [4.69, 9.17) is 25.2 Å². The zero-order valence-electron chi connectivity index (χ0n) is 14.6. The summed E-state index contributed by atoms with van der Waals surface area (Å²) in [5.41, 5.74) is -0.0608. The van der Waals surface area contributed by atoms with Crippen molar-refractivity contribution in [1.82, 2.24) is 19.5 Å². The van der Waals surface area contributed by atoms with Gasteiger partial charge in [-0.25, -0.2) is 9.97 Å². The van der Waals surface area contributed by atoms with E-state index in [0.29, 0.717) is 6.29 Å². The van der Waals surface area contributed by atoms with Gasteiger partial charge in [0.2, 0.25) is 0 Å². The van der Waals surface area contributed by atoms with E-state index in [0.717, 1.165) is 0 Å². The molecule has 3 rings (SSSR count). The number of aromatic nitrogens is 4. The van der Waals surface area contributed by atoms with Crippen LogP contribution in [0.4, 0.5) is 0 Å². The van der Waals surface area contributed by atoms with Crippen molar-refractivity contribution in [2.24, 2.45) is 0 Å². The van der Waals surface area contributed by atoms with Crippen LogP contribution in [0.2, 0.25) is 0 Å². The Morgan fingerprint density at radius 2 is 1.93 bits per heavy atom. The Hall–Kier alpha value is -2.26. The lowest BCUT2D eigenvalue weighted by atomic mass is 10.1. The lowest BCUT2D eigenvalue weighted by Crippen LogP contribution is -2.33. The number of aliphatic hydroxyl groups excluding tert-OH is 6. The van der Waals surface area contributed by atoms with E-state index in [1.54, 1.807) is 0 Å². The highest BCUT2D eigenvalue weighted by atomic mass is 16.6. The Kier molecular flexibility index (Phi) is 7.70. The van der Waals surface area contributed by atoms with Gasteiger partial charge in [0.1, 0.15) is 30.7 Å². The van der Waals surface area contributed by atoms with E-state index in [-0.39, 0.29) is 17.6 Å². The zero-order valence-corrected chi connectivity index (χ0v) is 14.6. The van der Waals surface area contributed by atoms with Gasteiger partial charge in [0.05, 0.1) is 32.0 Å². The van der Waals surface area contributed by atoms with Crippen LogP contribution in [0.3, 0.4) is 0 Å². The third kappa shape index (κ3) is 4.59. The van der Waals surface area contributed by atoms with Crippen LogP contribution in [0.25, 0.3) is 11.2 Å². The van der Waals surface area contributed by atoms with Gasteiger partial charge in [-0.1, -0.05) is 0 Å². The van der Waals surface area contributed by atoms with Crippen LogP contribution in [-0.2, 0) is 9.53 Å². The number of aldehydes is 1. The third-order valence-corrected chi connectivity index (χ3v) is 4.13. The highest BCUT2D eigenvalue weighted by Crippen LogP contribution is 2.30. The summed E-state index contributed by atoms with van der Waals surface area (Å²) in [6, 6.07) is 0. The van der Waals surface area contributed by atoms with Crippen molar-refractivity contribution in [3.63, 3.8) is 0 Å². The van der Waals surface area contributed by atoms with Crippen LogP contribution in [0.5, 0.6) is 0 Å². The molecule has 0 spiro atoms. The number of imidazole rings is 1. The maximum Gasteiger partial charge on any atom is 0.278 e. The molecule has 28 heavy (non-hydrogen) atoms. The first-order valence-corrected chi connectivity index (χ1v) is 8.29. The molecule has 1 saturated heterocycles. The lowest BCUT2D eigenvalue weighted by molar-refractivity contribution is -0.111. The van der Waals surface area contributed by atoms with Gasteiger partial charge >= 0.3 is 0 Å². The van der Waals surface area contributed by atoms with Gasteiger partial charge in [-0.05, 0) is 0 Å². The number of fused-ring (bicyclic) bond motifs is 1. The molecule has 1 fully saturated rings. The Morgan fingerprint density at radius 1 is 1.21 bits per heavy atom. The third-order valence-electron chi connectivity index (χ3n) is 4.13. The Bertz CT molecular complexity index is 825. The summed E-state index contributed by atoms with van der Waals surface area (Å²) in [5, 5.41) is 54.1. The van der Waals surface area contributed by atoms with Gasteiger partial charge < -0.3 is 45.2 Å². The summed E-state index contributed by atoms with van der Waals surface area (Å²) in [5.74, 6) is 0. The highest BCUT2D eigenvalue weighted by Gasteiger charge is 2.43. The Balaban J connectivity index is 0.000000266. The number of carbonyl (C=O) groups is 1. The van der Waals surface area contributed by atoms with Crippen molar-refractivity contribution in [3.8, 4) is 0 Å². The molecule has 7 N–H and O–H groups in total. The number of hydrogen-bond donors (Lipinski definition) is 7. The van der Waals surface area contributed by atoms with Gasteiger partial charge in [-0.15, -0.1) is 0 Å². The number of ether oxygens (including phenoxy) is 1. The fourth-order valence-electron chi connectivity index (χ4n) is 2.54. The van der Waals surface area contributed by atoms with Crippen LogP contribution in [0.15, 0.2) is 17.4 Å². The van der Waals surface area contributed by atoms with Crippen molar-refractivity contribution in [3.05, 3.63) is 23.0 Å². The maximum atomic E-state index is 11.5. The molecule has 0 bridgehead atoms. The van der Waals surface area contributed by atoms with E-state index < -0.39 is 55.5 Å². The maximum absolute atomic E-state index is 11.5. The molecule has 0 saturated carbocycles. The molecule has 6 atom stereocenters. The number of H-pyrrole nitrogens is 1. The summed E-state index contributed by atoms with van der Waals surface area (Å²) in [4.78, 5) is 31.4. The number of aliphatic hydroxyl groups is 6. The van der Waals surface area contributed by atoms with Gasteiger partial charge in [0.15, 0.2) is 17.4 Å². The molecular weight excluding hydrogens is 380 g/mol. The molecule has 2 unspecified atom stereocenters. The monoisotopic (exact) mass is 402 g/mol.